The molecule has 3 rings (SSSR count). The van der Waals surface area contributed by atoms with Crippen molar-refractivity contribution in [2.45, 2.75) is 6.04 Å². The summed E-state index contributed by atoms with van der Waals surface area (Å²) in [7, 11) is 1.78. The fourth-order valence-electron chi connectivity index (χ4n) is 2.21. The van der Waals surface area contributed by atoms with Gasteiger partial charge in [0, 0.05) is 11.6 Å². The maximum absolute atomic E-state index is 13.7. The Morgan fingerprint density at radius 3 is 2.85 bits per heavy atom. The highest BCUT2D eigenvalue weighted by atomic mass is 35.5. The summed E-state index contributed by atoms with van der Waals surface area (Å²) in [4.78, 5) is 4.27. The van der Waals surface area contributed by atoms with Gasteiger partial charge in [0.15, 0.2) is 11.4 Å². The molecule has 0 spiro atoms. The monoisotopic (exact) mass is 290 g/mol. The van der Waals surface area contributed by atoms with E-state index < -0.39 is 0 Å². The lowest BCUT2D eigenvalue weighted by molar-refractivity contribution is 0.472. The van der Waals surface area contributed by atoms with Crippen LogP contribution in [0.1, 0.15) is 17.5 Å². The molecule has 5 heteroatoms. The van der Waals surface area contributed by atoms with Crippen LogP contribution in [-0.2, 0) is 0 Å². The number of benzene rings is 1. The quantitative estimate of drug-likeness (QED) is 0.794. The second-order valence-electron chi connectivity index (χ2n) is 4.40. The Balaban J connectivity index is 2.12. The van der Waals surface area contributed by atoms with Gasteiger partial charge in [-0.1, -0.05) is 23.7 Å². The highest BCUT2D eigenvalue weighted by Crippen LogP contribution is 2.31. The van der Waals surface area contributed by atoms with E-state index in [-0.39, 0.29) is 17.4 Å². The minimum absolute atomic E-state index is 0.245. The molecule has 1 N–H and O–H groups in total. The van der Waals surface area contributed by atoms with Gasteiger partial charge in [-0.25, -0.2) is 4.39 Å². The van der Waals surface area contributed by atoms with Gasteiger partial charge in [0.05, 0.1) is 10.7 Å². The molecule has 1 unspecified atom stereocenters. The third-order valence-corrected chi connectivity index (χ3v) is 3.47. The summed E-state index contributed by atoms with van der Waals surface area (Å²) in [5, 5.41) is 4.34. The molecule has 0 radical (unpaired) electrons. The minimum Gasteiger partial charge on any atom is -0.456 e. The van der Waals surface area contributed by atoms with Crippen LogP contribution in [0.4, 0.5) is 4.39 Å². The second kappa shape index (κ2) is 5.23. The lowest BCUT2D eigenvalue weighted by Gasteiger charge is -2.13. The maximum Gasteiger partial charge on any atom is 0.169 e. The molecular formula is C15H12ClFN2O. The van der Waals surface area contributed by atoms with Crippen LogP contribution in [0.3, 0.4) is 0 Å². The first-order valence-corrected chi connectivity index (χ1v) is 6.54. The van der Waals surface area contributed by atoms with E-state index in [1.165, 1.54) is 6.07 Å². The summed E-state index contributed by atoms with van der Waals surface area (Å²) >= 11 is 6.16. The number of hydrogen-bond donors (Lipinski definition) is 1. The molecule has 3 nitrogen and oxygen atoms in total. The minimum atomic E-state index is -0.379. The predicted octanol–water partition coefficient (Wildman–Crippen LogP) is 3.93. The van der Waals surface area contributed by atoms with Gasteiger partial charge in [0.25, 0.3) is 0 Å². The molecule has 20 heavy (non-hydrogen) atoms. The highest BCUT2D eigenvalue weighted by molar-refractivity contribution is 6.31. The summed E-state index contributed by atoms with van der Waals surface area (Å²) in [6, 6.07) is 9.82. The zero-order chi connectivity index (χ0) is 14.1. The first kappa shape index (κ1) is 13.1. The molecule has 0 fully saturated rings. The number of furan rings is 1. The van der Waals surface area contributed by atoms with Crippen LogP contribution in [0.15, 0.2) is 47.0 Å². The summed E-state index contributed by atoms with van der Waals surface area (Å²) in [5.41, 5.74) is 0.894. The lowest BCUT2D eigenvalue weighted by atomic mass is 10.1. The third-order valence-electron chi connectivity index (χ3n) is 3.15. The zero-order valence-electron chi connectivity index (χ0n) is 10.7. The van der Waals surface area contributed by atoms with Gasteiger partial charge in [-0.3, -0.25) is 4.98 Å². The van der Waals surface area contributed by atoms with Crippen LogP contribution in [0.25, 0.3) is 11.0 Å². The van der Waals surface area contributed by atoms with Crippen LogP contribution in [0.5, 0.6) is 0 Å². The molecule has 0 aliphatic heterocycles. The Morgan fingerprint density at radius 2 is 2.15 bits per heavy atom. The largest absolute Gasteiger partial charge is 0.456 e. The lowest BCUT2D eigenvalue weighted by Crippen LogP contribution is -2.18. The number of pyridine rings is 1. The number of para-hydroxylation sites is 1. The molecule has 2 aromatic heterocycles. The van der Waals surface area contributed by atoms with Crippen molar-refractivity contribution in [1.82, 2.24) is 10.3 Å². The molecule has 0 aliphatic rings. The molecule has 1 atom stereocenters. The number of nitrogens with zero attached hydrogens (tertiary/aromatic N) is 1. The molecule has 102 valence electrons. The van der Waals surface area contributed by atoms with Crippen LogP contribution in [0.2, 0.25) is 5.02 Å². The van der Waals surface area contributed by atoms with Crippen molar-refractivity contribution >= 4 is 22.6 Å². The van der Waals surface area contributed by atoms with Crippen molar-refractivity contribution < 1.29 is 8.81 Å². The van der Waals surface area contributed by atoms with Crippen molar-refractivity contribution in [3.8, 4) is 0 Å². The van der Waals surface area contributed by atoms with E-state index in [4.69, 9.17) is 16.0 Å². The average molecular weight is 291 g/mol. The van der Waals surface area contributed by atoms with E-state index >= 15 is 0 Å². The van der Waals surface area contributed by atoms with Crippen LogP contribution in [-0.4, -0.2) is 12.0 Å². The van der Waals surface area contributed by atoms with Crippen molar-refractivity contribution in [2.75, 3.05) is 7.05 Å². The van der Waals surface area contributed by atoms with E-state index in [1.54, 1.807) is 43.6 Å². The van der Waals surface area contributed by atoms with Crippen molar-refractivity contribution in [3.05, 3.63) is 64.9 Å². The van der Waals surface area contributed by atoms with Gasteiger partial charge in [0.1, 0.15) is 11.8 Å². The standard InChI is InChI=1S/C15H12ClFN2O/c1-18-14(13-10(16)5-3-7-19-13)12-8-9-4-2-6-11(17)15(9)20-12/h2-8,14,18H,1H3. The normalized spacial score (nSPS) is 12.8. The van der Waals surface area contributed by atoms with E-state index in [9.17, 15) is 4.39 Å². The first-order valence-electron chi connectivity index (χ1n) is 6.16. The molecule has 0 bridgehead atoms. The number of rotatable bonds is 3. The average Bonchev–Trinajstić information content (AvgIpc) is 2.87. The van der Waals surface area contributed by atoms with E-state index in [0.717, 1.165) is 0 Å². The fraction of sp³-hybridized carbons (Fsp3) is 0.133. The van der Waals surface area contributed by atoms with Gasteiger partial charge < -0.3 is 9.73 Å². The van der Waals surface area contributed by atoms with Gasteiger partial charge in [-0.05, 0) is 31.3 Å². The Labute approximate surface area is 120 Å². The van der Waals surface area contributed by atoms with E-state index in [0.29, 0.717) is 21.9 Å². The topological polar surface area (TPSA) is 38.1 Å². The van der Waals surface area contributed by atoms with Crippen LogP contribution in [0, 0.1) is 5.82 Å². The number of halogens is 2. The first-order chi connectivity index (χ1) is 9.70. The molecule has 0 aliphatic carbocycles. The number of nitrogens with one attached hydrogen (secondary N) is 1. The number of hydrogen-bond acceptors (Lipinski definition) is 3. The summed E-state index contributed by atoms with van der Waals surface area (Å²) in [6.07, 6.45) is 1.66. The molecule has 2 heterocycles. The maximum atomic E-state index is 13.7. The van der Waals surface area contributed by atoms with Gasteiger partial charge in [0.2, 0.25) is 0 Å². The number of aromatic nitrogens is 1. The Hall–Kier alpha value is -1.91. The third kappa shape index (κ3) is 2.17. The molecule has 1 aromatic carbocycles. The molecule has 0 amide bonds. The fourth-order valence-corrected chi connectivity index (χ4v) is 2.44. The SMILES string of the molecule is CNC(c1cc2cccc(F)c2o1)c1ncccc1Cl. The smallest absolute Gasteiger partial charge is 0.169 e. The van der Waals surface area contributed by atoms with E-state index in [1.807, 2.05) is 0 Å². The second-order valence-corrected chi connectivity index (χ2v) is 4.81. The Bertz CT molecular complexity index is 756. The summed E-state index contributed by atoms with van der Waals surface area (Å²) in [5.74, 6) is 0.198. The predicted molar refractivity (Wildman–Crippen MR) is 76.3 cm³/mol. The van der Waals surface area contributed by atoms with Gasteiger partial charge >= 0.3 is 0 Å². The molecule has 0 saturated carbocycles. The molecule has 3 aromatic rings. The molecule has 0 saturated heterocycles. The van der Waals surface area contributed by atoms with Crippen LogP contribution >= 0.6 is 11.6 Å². The van der Waals surface area contributed by atoms with Crippen molar-refractivity contribution in [2.24, 2.45) is 0 Å². The molecular weight excluding hydrogens is 279 g/mol. The van der Waals surface area contributed by atoms with Crippen LogP contribution < -0.4 is 5.32 Å². The summed E-state index contributed by atoms with van der Waals surface area (Å²) < 4.78 is 19.3. The zero-order valence-corrected chi connectivity index (χ0v) is 11.5. The van der Waals surface area contributed by atoms with Gasteiger partial charge in [-0.2, -0.15) is 0 Å². The highest BCUT2D eigenvalue weighted by Gasteiger charge is 2.21. The van der Waals surface area contributed by atoms with Crippen molar-refractivity contribution in [1.29, 1.82) is 0 Å². The van der Waals surface area contributed by atoms with Crippen molar-refractivity contribution in [3.63, 3.8) is 0 Å². The van der Waals surface area contributed by atoms with E-state index in [2.05, 4.69) is 10.3 Å². The number of fused-ring (bicyclic) bond motifs is 1. The Kier molecular flexibility index (Phi) is 3.42. The Morgan fingerprint density at radius 1 is 1.30 bits per heavy atom. The summed E-state index contributed by atoms with van der Waals surface area (Å²) in [6.45, 7) is 0. The van der Waals surface area contributed by atoms with Gasteiger partial charge in [-0.15, -0.1) is 0 Å².